The summed E-state index contributed by atoms with van der Waals surface area (Å²) in [5.74, 6) is 2.20. The summed E-state index contributed by atoms with van der Waals surface area (Å²) in [7, 11) is 1.50. The topological polar surface area (TPSA) is 35.5 Å². The van der Waals surface area contributed by atoms with E-state index in [4.69, 9.17) is 15.9 Å². The zero-order chi connectivity index (χ0) is 12.7. The van der Waals surface area contributed by atoms with Crippen LogP contribution in [-0.2, 0) is 20.7 Å². The first-order valence-corrected chi connectivity index (χ1v) is 5.46. The van der Waals surface area contributed by atoms with Gasteiger partial charge in [0.25, 0.3) is 0 Å². The summed E-state index contributed by atoms with van der Waals surface area (Å²) in [4.78, 5) is 11.5. The molecule has 0 bridgehead atoms. The molecule has 17 heavy (non-hydrogen) atoms. The maximum atomic E-state index is 11.5. The van der Waals surface area contributed by atoms with Crippen LogP contribution >= 0.6 is 0 Å². The molecule has 0 heterocycles. The Labute approximate surface area is 102 Å². The maximum absolute atomic E-state index is 11.5. The van der Waals surface area contributed by atoms with Gasteiger partial charge in [-0.05, 0) is 24.6 Å². The van der Waals surface area contributed by atoms with E-state index in [1.807, 2.05) is 24.3 Å². The maximum Gasteiger partial charge on any atom is 0.335 e. The van der Waals surface area contributed by atoms with Gasteiger partial charge >= 0.3 is 5.97 Å². The first-order chi connectivity index (χ1) is 8.21. The summed E-state index contributed by atoms with van der Waals surface area (Å²) in [5.41, 5.74) is 1.81. The fraction of sp³-hybridized carbons (Fsp3) is 0.357. The molecular weight excluding hydrogens is 216 g/mol. The Bertz CT molecular complexity index is 400. The Morgan fingerprint density at radius 1 is 1.41 bits per heavy atom. The SMILES string of the molecule is C#Cc1ccc(C[C@H](OC)C(=O)OCC)cc1. The number of benzene rings is 1. The molecule has 0 aliphatic rings. The number of carbonyl (C=O) groups is 1. The van der Waals surface area contributed by atoms with Crippen LogP contribution in [0.2, 0.25) is 0 Å². The Balaban J connectivity index is 2.67. The van der Waals surface area contributed by atoms with Crippen molar-refractivity contribution in [2.24, 2.45) is 0 Å². The molecule has 0 unspecified atom stereocenters. The number of esters is 1. The van der Waals surface area contributed by atoms with E-state index in [9.17, 15) is 4.79 Å². The van der Waals surface area contributed by atoms with E-state index < -0.39 is 6.10 Å². The second kappa shape index (κ2) is 6.72. The van der Waals surface area contributed by atoms with Crippen LogP contribution in [0.3, 0.4) is 0 Å². The van der Waals surface area contributed by atoms with E-state index in [-0.39, 0.29) is 5.97 Å². The van der Waals surface area contributed by atoms with E-state index in [1.54, 1.807) is 6.92 Å². The molecule has 1 atom stereocenters. The number of hydrogen-bond acceptors (Lipinski definition) is 3. The highest BCUT2D eigenvalue weighted by atomic mass is 16.6. The van der Waals surface area contributed by atoms with Crippen LogP contribution in [0.25, 0.3) is 0 Å². The van der Waals surface area contributed by atoms with Gasteiger partial charge in [0.2, 0.25) is 0 Å². The second-order valence-corrected chi connectivity index (χ2v) is 3.52. The minimum absolute atomic E-state index is 0.337. The van der Waals surface area contributed by atoms with Crippen LogP contribution in [0.5, 0.6) is 0 Å². The molecule has 3 heteroatoms. The quantitative estimate of drug-likeness (QED) is 0.573. The van der Waals surface area contributed by atoms with Crippen molar-refractivity contribution in [3.63, 3.8) is 0 Å². The van der Waals surface area contributed by atoms with Crippen molar-refractivity contribution in [1.29, 1.82) is 0 Å². The molecule has 0 fully saturated rings. The fourth-order valence-corrected chi connectivity index (χ4v) is 1.45. The summed E-state index contributed by atoms with van der Waals surface area (Å²) in [6, 6.07) is 7.46. The second-order valence-electron chi connectivity index (χ2n) is 3.52. The van der Waals surface area contributed by atoms with Crippen LogP contribution < -0.4 is 0 Å². The third kappa shape index (κ3) is 3.93. The largest absolute Gasteiger partial charge is 0.464 e. The Morgan fingerprint density at radius 2 is 2.06 bits per heavy atom. The molecule has 0 spiro atoms. The monoisotopic (exact) mass is 232 g/mol. The van der Waals surface area contributed by atoms with Crippen molar-refractivity contribution < 1.29 is 14.3 Å². The van der Waals surface area contributed by atoms with Crippen molar-refractivity contribution >= 4 is 5.97 Å². The van der Waals surface area contributed by atoms with Gasteiger partial charge in [0.1, 0.15) is 0 Å². The molecule has 0 aliphatic carbocycles. The van der Waals surface area contributed by atoms with Crippen LogP contribution in [-0.4, -0.2) is 25.8 Å². The molecule has 0 radical (unpaired) electrons. The molecule has 0 N–H and O–H groups in total. The third-order valence-corrected chi connectivity index (χ3v) is 2.38. The van der Waals surface area contributed by atoms with Gasteiger partial charge < -0.3 is 9.47 Å². The Morgan fingerprint density at radius 3 is 2.53 bits per heavy atom. The highest BCUT2D eigenvalue weighted by Crippen LogP contribution is 2.09. The van der Waals surface area contributed by atoms with Gasteiger partial charge in [0.05, 0.1) is 6.61 Å². The highest BCUT2D eigenvalue weighted by molar-refractivity contribution is 5.75. The molecule has 1 rings (SSSR count). The van der Waals surface area contributed by atoms with Crippen molar-refractivity contribution in [1.82, 2.24) is 0 Å². The molecule has 0 saturated heterocycles. The summed E-state index contributed by atoms with van der Waals surface area (Å²) < 4.78 is 10.0. The first kappa shape index (κ1) is 13.3. The lowest BCUT2D eigenvalue weighted by molar-refractivity contribution is -0.154. The van der Waals surface area contributed by atoms with E-state index in [0.717, 1.165) is 11.1 Å². The zero-order valence-corrected chi connectivity index (χ0v) is 10.1. The van der Waals surface area contributed by atoms with E-state index in [2.05, 4.69) is 5.92 Å². The lowest BCUT2D eigenvalue weighted by Gasteiger charge is -2.13. The van der Waals surface area contributed by atoms with E-state index >= 15 is 0 Å². The molecule has 0 aromatic heterocycles. The number of methoxy groups -OCH3 is 1. The average molecular weight is 232 g/mol. The van der Waals surface area contributed by atoms with Crippen molar-refractivity contribution in [3.05, 3.63) is 35.4 Å². The Hall–Kier alpha value is -1.79. The minimum Gasteiger partial charge on any atom is -0.464 e. The van der Waals surface area contributed by atoms with Crippen LogP contribution in [0.4, 0.5) is 0 Å². The molecule has 1 aromatic rings. The first-order valence-electron chi connectivity index (χ1n) is 5.46. The standard InChI is InChI=1S/C14H16O3/c1-4-11-6-8-12(9-7-11)10-13(16-3)14(15)17-5-2/h1,6-9,13H,5,10H2,2-3H3/t13-/m0/s1. The van der Waals surface area contributed by atoms with Crippen molar-refractivity contribution in [2.45, 2.75) is 19.4 Å². The fourth-order valence-electron chi connectivity index (χ4n) is 1.45. The van der Waals surface area contributed by atoms with Crippen molar-refractivity contribution in [2.75, 3.05) is 13.7 Å². The van der Waals surface area contributed by atoms with Gasteiger partial charge in [-0.2, -0.15) is 0 Å². The molecular formula is C14H16O3. The average Bonchev–Trinajstić information content (AvgIpc) is 2.37. The van der Waals surface area contributed by atoms with Gasteiger partial charge in [-0.3, -0.25) is 0 Å². The molecule has 90 valence electrons. The van der Waals surface area contributed by atoms with Gasteiger partial charge in [0.15, 0.2) is 6.10 Å². The van der Waals surface area contributed by atoms with Crippen LogP contribution in [0, 0.1) is 12.3 Å². The Kier molecular flexibility index (Phi) is 5.25. The molecule has 3 nitrogen and oxygen atoms in total. The summed E-state index contributed by atoms with van der Waals surface area (Å²) in [6.45, 7) is 2.13. The van der Waals surface area contributed by atoms with Crippen molar-refractivity contribution in [3.8, 4) is 12.3 Å². The lowest BCUT2D eigenvalue weighted by atomic mass is 10.1. The highest BCUT2D eigenvalue weighted by Gasteiger charge is 2.19. The molecule has 0 amide bonds. The smallest absolute Gasteiger partial charge is 0.335 e. The molecule has 0 saturated carbocycles. The molecule has 1 aromatic carbocycles. The van der Waals surface area contributed by atoms with Crippen LogP contribution in [0.1, 0.15) is 18.1 Å². The number of hydrogen-bond donors (Lipinski definition) is 0. The predicted molar refractivity (Wildman–Crippen MR) is 65.5 cm³/mol. The number of ether oxygens (including phenoxy) is 2. The van der Waals surface area contributed by atoms with Gasteiger partial charge in [-0.15, -0.1) is 6.42 Å². The molecule has 0 aliphatic heterocycles. The summed E-state index contributed by atoms with van der Waals surface area (Å²) in [5, 5.41) is 0. The van der Waals surface area contributed by atoms with Crippen LogP contribution in [0.15, 0.2) is 24.3 Å². The van der Waals surface area contributed by atoms with E-state index in [0.29, 0.717) is 13.0 Å². The van der Waals surface area contributed by atoms with Gasteiger partial charge in [-0.25, -0.2) is 4.79 Å². The summed E-state index contributed by atoms with van der Waals surface area (Å²) in [6.07, 6.45) is 5.19. The zero-order valence-electron chi connectivity index (χ0n) is 10.1. The van der Waals surface area contributed by atoms with E-state index in [1.165, 1.54) is 7.11 Å². The predicted octanol–water partition coefficient (Wildman–Crippen LogP) is 1.79. The minimum atomic E-state index is -0.563. The van der Waals surface area contributed by atoms with Gasteiger partial charge in [0, 0.05) is 19.1 Å². The summed E-state index contributed by atoms with van der Waals surface area (Å²) >= 11 is 0. The normalized spacial score (nSPS) is 11.6. The number of carbonyl (C=O) groups excluding carboxylic acids is 1. The lowest BCUT2D eigenvalue weighted by Crippen LogP contribution is -2.27. The third-order valence-electron chi connectivity index (χ3n) is 2.38. The number of rotatable bonds is 5. The number of terminal acetylenes is 1. The van der Waals surface area contributed by atoms with Gasteiger partial charge in [-0.1, -0.05) is 18.1 Å².